The van der Waals surface area contributed by atoms with Crippen LogP contribution in [0, 0.1) is 11.8 Å². The van der Waals surface area contributed by atoms with Crippen LogP contribution in [0.4, 0.5) is 0 Å². The number of piperidine rings is 1. The Kier molecular flexibility index (Phi) is 7.25. The van der Waals surface area contributed by atoms with E-state index in [1.165, 1.54) is 31.5 Å². The molecule has 1 aliphatic heterocycles. The molecule has 2 atom stereocenters. The van der Waals surface area contributed by atoms with Gasteiger partial charge in [-0.25, -0.2) is 0 Å². The van der Waals surface area contributed by atoms with Gasteiger partial charge >= 0.3 is 0 Å². The molecule has 1 aromatic rings. The number of nitrogens with two attached hydrogens (primary N) is 1. The standard InChI is InChI=1S/C20H33N3O/c1-15(2)11-19(21)20(24)22-12-17-6-8-18(9-7-17)14-23-10-4-5-16(3)13-23/h6-9,15-16,19H,4-5,10-14,21H2,1-3H3,(H,22,24)/t16?,19-/m0/s1. The molecule has 24 heavy (non-hydrogen) atoms. The zero-order valence-electron chi connectivity index (χ0n) is 15.4. The van der Waals surface area contributed by atoms with Gasteiger partial charge in [-0.3, -0.25) is 9.69 Å². The number of nitrogens with zero attached hydrogens (tertiary/aromatic N) is 1. The second kappa shape index (κ2) is 9.19. The second-order valence-electron chi connectivity index (χ2n) is 7.75. The van der Waals surface area contributed by atoms with Gasteiger partial charge < -0.3 is 11.1 Å². The first kappa shape index (κ1) is 18.9. The highest BCUT2D eigenvalue weighted by atomic mass is 16.2. The minimum Gasteiger partial charge on any atom is -0.351 e. The van der Waals surface area contributed by atoms with E-state index in [-0.39, 0.29) is 5.91 Å². The molecule has 0 aromatic heterocycles. The predicted molar refractivity (Wildman–Crippen MR) is 99.4 cm³/mol. The molecule has 1 saturated heterocycles. The summed E-state index contributed by atoms with van der Waals surface area (Å²) in [6.07, 6.45) is 3.38. The smallest absolute Gasteiger partial charge is 0.237 e. The summed E-state index contributed by atoms with van der Waals surface area (Å²) in [5.74, 6) is 1.18. The van der Waals surface area contributed by atoms with Crippen LogP contribution in [0.2, 0.25) is 0 Å². The monoisotopic (exact) mass is 331 g/mol. The molecule has 134 valence electrons. The van der Waals surface area contributed by atoms with Crippen molar-refractivity contribution < 1.29 is 4.79 Å². The number of amides is 1. The Morgan fingerprint density at radius 3 is 2.58 bits per heavy atom. The summed E-state index contributed by atoms with van der Waals surface area (Å²) < 4.78 is 0. The summed E-state index contributed by atoms with van der Waals surface area (Å²) in [5, 5.41) is 2.94. The number of nitrogens with one attached hydrogen (secondary N) is 1. The summed E-state index contributed by atoms with van der Waals surface area (Å²) in [7, 11) is 0. The van der Waals surface area contributed by atoms with Crippen LogP contribution in [0.3, 0.4) is 0 Å². The minimum absolute atomic E-state index is 0.0601. The number of benzene rings is 1. The lowest BCUT2D eigenvalue weighted by Gasteiger charge is -2.30. The van der Waals surface area contributed by atoms with Crippen LogP contribution in [0.25, 0.3) is 0 Å². The van der Waals surface area contributed by atoms with Gasteiger partial charge in [0.1, 0.15) is 0 Å². The topological polar surface area (TPSA) is 58.4 Å². The Bertz CT molecular complexity index is 512. The summed E-state index contributed by atoms with van der Waals surface area (Å²) >= 11 is 0. The molecule has 0 spiro atoms. The molecular weight excluding hydrogens is 298 g/mol. The highest BCUT2D eigenvalue weighted by molar-refractivity contribution is 5.81. The van der Waals surface area contributed by atoms with Crippen LogP contribution in [-0.2, 0) is 17.9 Å². The quantitative estimate of drug-likeness (QED) is 0.808. The van der Waals surface area contributed by atoms with Crippen molar-refractivity contribution in [1.29, 1.82) is 0 Å². The lowest BCUT2D eigenvalue weighted by molar-refractivity contribution is -0.122. The van der Waals surface area contributed by atoms with Gasteiger partial charge in [-0.2, -0.15) is 0 Å². The Morgan fingerprint density at radius 2 is 1.96 bits per heavy atom. The molecule has 1 heterocycles. The van der Waals surface area contributed by atoms with Crippen LogP contribution in [-0.4, -0.2) is 29.9 Å². The van der Waals surface area contributed by atoms with E-state index in [0.717, 1.165) is 24.4 Å². The maximum absolute atomic E-state index is 12.0. The fraction of sp³-hybridized carbons (Fsp3) is 0.650. The van der Waals surface area contributed by atoms with Crippen molar-refractivity contribution in [2.24, 2.45) is 17.6 Å². The Hall–Kier alpha value is -1.39. The SMILES string of the molecule is CC(C)C[C@H](N)C(=O)NCc1ccc(CN2CCCC(C)C2)cc1. The molecule has 1 aliphatic rings. The molecule has 0 aliphatic carbocycles. The maximum atomic E-state index is 12.0. The zero-order chi connectivity index (χ0) is 17.5. The maximum Gasteiger partial charge on any atom is 0.237 e. The van der Waals surface area contributed by atoms with Gasteiger partial charge in [0.15, 0.2) is 0 Å². The molecule has 1 fully saturated rings. The average molecular weight is 332 g/mol. The first-order valence-corrected chi connectivity index (χ1v) is 9.27. The molecule has 4 heteroatoms. The molecule has 1 aromatic carbocycles. The van der Waals surface area contributed by atoms with Crippen molar-refractivity contribution in [3.05, 3.63) is 35.4 Å². The van der Waals surface area contributed by atoms with Crippen LogP contribution in [0.5, 0.6) is 0 Å². The summed E-state index contributed by atoms with van der Waals surface area (Å²) in [4.78, 5) is 14.5. The van der Waals surface area contributed by atoms with Crippen LogP contribution >= 0.6 is 0 Å². The zero-order valence-corrected chi connectivity index (χ0v) is 15.4. The number of carbonyl (C=O) groups is 1. The van der Waals surface area contributed by atoms with E-state index < -0.39 is 6.04 Å². The van der Waals surface area contributed by atoms with Crippen molar-refractivity contribution in [2.45, 2.75) is 59.2 Å². The third kappa shape index (κ3) is 6.25. The molecule has 0 bridgehead atoms. The van der Waals surface area contributed by atoms with Gasteiger partial charge in [0.2, 0.25) is 5.91 Å². The molecule has 3 N–H and O–H groups in total. The molecule has 2 rings (SSSR count). The lowest BCUT2D eigenvalue weighted by atomic mass is 9.99. The van der Waals surface area contributed by atoms with Gasteiger partial charge in [-0.15, -0.1) is 0 Å². The van der Waals surface area contributed by atoms with E-state index in [9.17, 15) is 4.79 Å². The number of hydrogen-bond donors (Lipinski definition) is 2. The number of likely N-dealkylation sites (tertiary alicyclic amines) is 1. The molecule has 1 amide bonds. The van der Waals surface area contributed by atoms with E-state index in [1.54, 1.807) is 0 Å². The summed E-state index contributed by atoms with van der Waals surface area (Å²) in [5.41, 5.74) is 8.37. The molecule has 4 nitrogen and oxygen atoms in total. The van der Waals surface area contributed by atoms with Crippen LogP contribution < -0.4 is 11.1 Å². The van der Waals surface area contributed by atoms with Crippen molar-refractivity contribution in [2.75, 3.05) is 13.1 Å². The van der Waals surface area contributed by atoms with Gasteiger partial charge in [0.05, 0.1) is 6.04 Å². The van der Waals surface area contributed by atoms with E-state index in [1.807, 2.05) is 0 Å². The Balaban J connectivity index is 1.78. The fourth-order valence-corrected chi connectivity index (χ4v) is 3.39. The number of carbonyl (C=O) groups excluding carboxylic acids is 1. The third-order valence-electron chi connectivity index (χ3n) is 4.70. The minimum atomic E-state index is -0.412. The van der Waals surface area contributed by atoms with Gasteiger partial charge in [-0.1, -0.05) is 45.0 Å². The van der Waals surface area contributed by atoms with Gasteiger partial charge in [0.25, 0.3) is 0 Å². The van der Waals surface area contributed by atoms with Crippen molar-refractivity contribution in [3.8, 4) is 0 Å². The normalized spacial score (nSPS) is 20.1. The van der Waals surface area contributed by atoms with Crippen LogP contribution in [0.15, 0.2) is 24.3 Å². The largest absolute Gasteiger partial charge is 0.351 e. The summed E-state index contributed by atoms with van der Waals surface area (Å²) in [6.45, 7) is 10.5. The predicted octanol–water partition coefficient (Wildman–Crippen LogP) is 2.91. The third-order valence-corrected chi connectivity index (χ3v) is 4.70. The molecule has 1 unspecified atom stereocenters. The van der Waals surface area contributed by atoms with Crippen molar-refractivity contribution in [1.82, 2.24) is 10.2 Å². The van der Waals surface area contributed by atoms with E-state index >= 15 is 0 Å². The van der Waals surface area contributed by atoms with Crippen molar-refractivity contribution in [3.63, 3.8) is 0 Å². The van der Waals surface area contributed by atoms with E-state index in [2.05, 4.69) is 55.3 Å². The second-order valence-corrected chi connectivity index (χ2v) is 7.75. The van der Waals surface area contributed by atoms with Crippen molar-refractivity contribution >= 4 is 5.91 Å². The van der Waals surface area contributed by atoms with Gasteiger partial charge in [0, 0.05) is 19.6 Å². The highest BCUT2D eigenvalue weighted by Crippen LogP contribution is 2.18. The average Bonchev–Trinajstić information content (AvgIpc) is 2.53. The highest BCUT2D eigenvalue weighted by Gasteiger charge is 2.16. The number of hydrogen-bond acceptors (Lipinski definition) is 3. The summed E-state index contributed by atoms with van der Waals surface area (Å²) in [6, 6.07) is 8.16. The van der Waals surface area contributed by atoms with E-state index in [0.29, 0.717) is 12.5 Å². The first-order chi connectivity index (χ1) is 11.4. The van der Waals surface area contributed by atoms with Gasteiger partial charge in [-0.05, 0) is 48.8 Å². The molecule has 0 radical (unpaired) electrons. The Labute approximate surface area is 146 Å². The molecule has 0 saturated carbocycles. The number of rotatable bonds is 7. The van der Waals surface area contributed by atoms with Crippen LogP contribution in [0.1, 0.15) is 51.2 Å². The van der Waals surface area contributed by atoms with E-state index in [4.69, 9.17) is 5.73 Å². The Morgan fingerprint density at radius 1 is 1.29 bits per heavy atom. The molecular formula is C20H33N3O. The fourth-order valence-electron chi connectivity index (χ4n) is 3.39. The first-order valence-electron chi connectivity index (χ1n) is 9.27. The lowest BCUT2D eigenvalue weighted by Crippen LogP contribution is -2.41.